The molecule has 0 radical (unpaired) electrons. The average molecular weight is 431 g/mol. The number of hydrogen-bond donors (Lipinski definition) is 3. The Morgan fingerprint density at radius 1 is 1.22 bits per heavy atom. The maximum Gasteiger partial charge on any atom is 0.222 e. The van der Waals surface area contributed by atoms with Gasteiger partial charge in [-0.2, -0.15) is 0 Å². The van der Waals surface area contributed by atoms with Crippen LogP contribution in [-0.4, -0.2) is 49.9 Å². The lowest BCUT2D eigenvalue weighted by Gasteiger charge is -2.37. The maximum atomic E-state index is 12.0. The van der Waals surface area contributed by atoms with Gasteiger partial charge in [0.25, 0.3) is 0 Å². The van der Waals surface area contributed by atoms with Gasteiger partial charge in [-0.3, -0.25) is 9.78 Å². The Hall–Kier alpha value is -3.72. The molecule has 164 valence electrons. The first kappa shape index (κ1) is 20.2. The van der Waals surface area contributed by atoms with Crippen LogP contribution in [-0.2, 0) is 4.79 Å². The molecule has 0 unspecified atom stereocenters. The predicted octanol–water partition coefficient (Wildman–Crippen LogP) is 2.84. The largest absolute Gasteiger partial charge is 0.396 e. The number of nitrogen functional groups attached to an aromatic ring is 1. The molecule has 32 heavy (non-hydrogen) atoms. The van der Waals surface area contributed by atoms with E-state index in [0.717, 1.165) is 40.6 Å². The second-order valence-corrected chi connectivity index (χ2v) is 8.14. The number of pyridine rings is 3. The van der Waals surface area contributed by atoms with Gasteiger partial charge in [-0.25, -0.2) is 15.8 Å². The van der Waals surface area contributed by atoms with Gasteiger partial charge in [0, 0.05) is 48.9 Å². The number of H-pyrrole nitrogens is 1. The van der Waals surface area contributed by atoms with E-state index in [1.54, 1.807) is 17.4 Å². The number of piperidine rings is 1. The van der Waals surface area contributed by atoms with Crippen LogP contribution >= 0.6 is 0 Å². The third kappa shape index (κ3) is 3.50. The minimum Gasteiger partial charge on any atom is -0.396 e. The average Bonchev–Trinajstić information content (AvgIpc) is 3.31. The number of hydrazine groups is 1. The van der Waals surface area contributed by atoms with Crippen molar-refractivity contribution in [3.63, 3.8) is 0 Å². The predicted molar refractivity (Wildman–Crippen MR) is 126 cm³/mol. The molecule has 1 amide bonds. The topological polar surface area (TPSA) is 130 Å². The number of nitrogens with zero attached hydrogens (tertiary/aromatic N) is 5. The fraction of sp³-hybridized carbons (Fsp3) is 0.304. The van der Waals surface area contributed by atoms with Crippen LogP contribution in [0, 0.1) is 0 Å². The summed E-state index contributed by atoms with van der Waals surface area (Å²) in [7, 11) is 0. The Morgan fingerprint density at radius 3 is 2.81 bits per heavy atom. The highest BCUT2D eigenvalue weighted by atomic mass is 16.2. The van der Waals surface area contributed by atoms with Gasteiger partial charge in [0.2, 0.25) is 5.91 Å². The molecule has 1 fully saturated rings. The monoisotopic (exact) mass is 430 g/mol. The summed E-state index contributed by atoms with van der Waals surface area (Å²) in [6.45, 7) is 3.27. The molecule has 0 bridgehead atoms. The molecular formula is C23H26N8O. The molecule has 5 heterocycles. The SMILES string of the molecule is CCC(=O)N1CCC(N(N)c2c(N)cnc3ccc(-c4cnc5[nH]ccc5c4)nc23)CC1. The van der Waals surface area contributed by atoms with E-state index in [4.69, 9.17) is 16.6 Å². The van der Waals surface area contributed by atoms with Crippen LogP contribution in [0.15, 0.2) is 42.9 Å². The van der Waals surface area contributed by atoms with E-state index in [0.29, 0.717) is 36.4 Å². The number of likely N-dealkylation sites (tertiary alicyclic amines) is 1. The number of carbonyl (C=O) groups is 1. The van der Waals surface area contributed by atoms with Crippen molar-refractivity contribution >= 4 is 39.3 Å². The molecular weight excluding hydrogens is 404 g/mol. The summed E-state index contributed by atoms with van der Waals surface area (Å²) in [5, 5.41) is 2.74. The summed E-state index contributed by atoms with van der Waals surface area (Å²) < 4.78 is 0. The minimum absolute atomic E-state index is 0.0622. The molecule has 0 saturated carbocycles. The van der Waals surface area contributed by atoms with Gasteiger partial charge in [0.1, 0.15) is 16.9 Å². The second kappa shape index (κ2) is 8.08. The van der Waals surface area contributed by atoms with Crippen molar-refractivity contribution in [1.82, 2.24) is 24.8 Å². The fourth-order valence-electron chi connectivity index (χ4n) is 4.38. The van der Waals surface area contributed by atoms with E-state index >= 15 is 0 Å². The summed E-state index contributed by atoms with van der Waals surface area (Å²) in [6, 6.07) is 7.95. The molecule has 9 heteroatoms. The third-order valence-corrected chi connectivity index (χ3v) is 6.18. The smallest absolute Gasteiger partial charge is 0.222 e. The van der Waals surface area contributed by atoms with Gasteiger partial charge < -0.3 is 20.6 Å². The molecule has 0 aliphatic carbocycles. The first-order chi connectivity index (χ1) is 15.5. The number of aromatic nitrogens is 4. The number of nitrogens with one attached hydrogen (secondary N) is 1. The van der Waals surface area contributed by atoms with Gasteiger partial charge in [0.05, 0.1) is 23.1 Å². The van der Waals surface area contributed by atoms with E-state index in [9.17, 15) is 4.79 Å². The quantitative estimate of drug-likeness (QED) is 0.335. The van der Waals surface area contributed by atoms with Gasteiger partial charge in [0.15, 0.2) is 0 Å². The summed E-state index contributed by atoms with van der Waals surface area (Å²) in [4.78, 5) is 30.8. The van der Waals surface area contributed by atoms with Crippen LogP contribution in [0.5, 0.6) is 0 Å². The normalized spacial score (nSPS) is 14.9. The van der Waals surface area contributed by atoms with E-state index in [1.807, 2.05) is 42.3 Å². The van der Waals surface area contributed by atoms with Crippen molar-refractivity contribution in [1.29, 1.82) is 0 Å². The van der Waals surface area contributed by atoms with Crippen LogP contribution in [0.1, 0.15) is 26.2 Å². The number of fused-ring (bicyclic) bond motifs is 2. The number of rotatable bonds is 4. The molecule has 4 aromatic rings. The lowest BCUT2D eigenvalue weighted by Crippen LogP contribution is -2.50. The summed E-state index contributed by atoms with van der Waals surface area (Å²) >= 11 is 0. The van der Waals surface area contributed by atoms with Gasteiger partial charge in [-0.05, 0) is 37.1 Å². The summed E-state index contributed by atoms with van der Waals surface area (Å²) in [5.74, 6) is 6.79. The zero-order chi connectivity index (χ0) is 22.2. The highest BCUT2D eigenvalue weighted by Crippen LogP contribution is 2.33. The summed E-state index contributed by atoms with van der Waals surface area (Å²) in [6.07, 6.45) is 7.37. The molecule has 5 rings (SSSR count). The highest BCUT2D eigenvalue weighted by Gasteiger charge is 2.27. The molecule has 0 atom stereocenters. The number of nitrogens with two attached hydrogens (primary N) is 2. The standard InChI is InChI=1S/C23H26N8O/c1-2-20(32)30-9-6-16(7-10-30)31(25)22-17(24)13-27-19-4-3-18(29-21(19)22)15-11-14-5-8-26-23(14)28-12-15/h3-5,8,11-13,16H,2,6-7,9-10,24-25H2,1H3,(H,26,28). The molecule has 0 spiro atoms. The Balaban J connectivity index is 1.50. The Kier molecular flexibility index (Phi) is 5.10. The fourth-order valence-corrected chi connectivity index (χ4v) is 4.38. The molecule has 1 aliphatic heterocycles. The highest BCUT2D eigenvalue weighted by molar-refractivity contribution is 5.95. The summed E-state index contributed by atoms with van der Waals surface area (Å²) in [5.41, 5.74) is 11.4. The minimum atomic E-state index is 0.0622. The number of aromatic amines is 1. The Bertz CT molecular complexity index is 1290. The molecule has 5 N–H and O–H groups in total. The number of amides is 1. The number of carbonyl (C=O) groups excluding carboxylic acids is 1. The van der Waals surface area contributed by atoms with Crippen LogP contribution in [0.4, 0.5) is 11.4 Å². The van der Waals surface area contributed by atoms with Crippen molar-refractivity contribution in [2.24, 2.45) is 5.84 Å². The van der Waals surface area contributed by atoms with Gasteiger partial charge >= 0.3 is 0 Å². The molecule has 1 saturated heterocycles. The first-order valence-electron chi connectivity index (χ1n) is 10.9. The van der Waals surface area contributed by atoms with E-state index in [-0.39, 0.29) is 11.9 Å². The zero-order valence-electron chi connectivity index (χ0n) is 18.0. The molecule has 9 nitrogen and oxygen atoms in total. The Labute approximate surface area is 185 Å². The van der Waals surface area contributed by atoms with Gasteiger partial charge in [-0.1, -0.05) is 6.92 Å². The number of anilines is 2. The number of hydrogen-bond acceptors (Lipinski definition) is 7. The van der Waals surface area contributed by atoms with Crippen LogP contribution in [0.3, 0.4) is 0 Å². The van der Waals surface area contributed by atoms with Crippen molar-refractivity contribution in [2.75, 3.05) is 23.8 Å². The molecule has 0 aromatic carbocycles. The van der Waals surface area contributed by atoms with Crippen LogP contribution in [0.25, 0.3) is 33.3 Å². The molecule has 4 aromatic heterocycles. The maximum absolute atomic E-state index is 12.0. The van der Waals surface area contributed by atoms with Gasteiger partial charge in [-0.15, -0.1) is 0 Å². The van der Waals surface area contributed by atoms with E-state index in [1.165, 1.54) is 0 Å². The Morgan fingerprint density at radius 2 is 2.03 bits per heavy atom. The van der Waals surface area contributed by atoms with Crippen LogP contribution in [0.2, 0.25) is 0 Å². The van der Waals surface area contributed by atoms with Crippen molar-refractivity contribution in [3.8, 4) is 11.3 Å². The van der Waals surface area contributed by atoms with Crippen LogP contribution < -0.4 is 16.6 Å². The third-order valence-electron chi connectivity index (χ3n) is 6.18. The van der Waals surface area contributed by atoms with Crippen molar-refractivity contribution in [3.05, 3.63) is 42.9 Å². The van der Waals surface area contributed by atoms with Crippen molar-refractivity contribution < 1.29 is 4.79 Å². The molecule has 1 aliphatic rings. The van der Waals surface area contributed by atoms with E-state index in [2.05, 4.69) is 15.0 Å². The lowest BCUT2D eigenvalue weighted by atomic mass is 10.0. The first-order valence-corrected chi connectivity index (χ1v) is 10.9. The van der Waals surface area contributed by atoms with E-state index < -0.39 is 0 Å². The lowest BCUT2D eigenvalue weighted by molar-refractivity contribution is -0.131. The zero-order valence-corrected chi connectivity index (χ0v) is 18.0. The second-order valence-electron chi connectivity index (χ2n) is 8.14. The van der Waals surface area contributed by atoms with Crippen molar-refractivity contribution in [2.45, 2.75) is 32.2 Å².